The molecule has 110 valence electrons. The first-order valence-corrected chi connectivity index (χ1v) is 7.23. The topological polar surface area (TPSA) is 58.1 Å². The molecule has 20 heavy (non-hydrogen) atoms. The smallest absolute Gasteiger partial charge is 0.275 e. The van der Waals surface area contributed by atoms with Crippen molar-refractivity contribution in [1.82, 2.24) is 14.9 Å². The summed E-state index contributed by atoms with van der Waals surface area (Å²) < 4.78 is 0. The van der Waals surface area contributed by atoms with Gasteiger partial charge in [-0.2, -0.15) is 0 Å². The van der Waals surface area contributed by atoms with E-state index >= 15 is 0 Å². The van der Waals surface area contributed by atoms with Crippen LogP contribution in [-0.2, 0) is 0 Å². The van der Waals surface area contributed by atoms with Crippen LogP contribution in [0.25, 0.3) is 0 Å². The molecule has 0 aromatic carbocycles. The van der Waals surface area contributed by atoms with Crippen molar-refractivity contribution in [2.45, 2.75) is 52.0 Å². The van der Waals surface area contributed by atoms with E-state index < -0.39 is 0 Å². The van der Waals surface area contributed by atoms with Gasteiger partial charge in [-0.1, -0.05) is 13.8 Å². The number of anilines is 1. The predicted octanol–water partition coefficient (Wildman–Crippen LogP) is 2.66. The largest absolute Gasteiger partial charge is 0.385 e. The van der Waals surface area contributed by atoms with Gasteiger partial charge in [0.15, 0.2) is 5.69 Å². The van der Waals surface area contributed by atoms with Crippen LogP contribution in [0.2, 0.25) is 0 Å². The van der Waals surface area contributed by atoms with E-state index in [1.165, 1.54) is 0 Å². The van der Waals surface area contributed by atoms with E-state index in [2.05, 4.69) is 29.1 Å². The highest BCUT2D eigenvalue weighted by molar-refractivity contribution is 5.98. The number of nitrogens with one attached hydrogen (secondary N) is 1. The Bertz CT molecular complexity index is 511. The van der Waals surface area contributed by atoms with Crippen LogP contribution in [0.5, 0.6) is 0 Å². The Balaban J connectivity index is 2.40. The second kappa shape index (κ2) is 5.38. The molecule has 0 aliphatic carbocycles. The highest BCUT2D eigenvalue weighted by Crippen LogP contribution is 2.30. The van der Waals surface area contributed by atoms with Crippen molar-refractivity contribution in [1.29, 1.82) is 0 Å². The molecule has 0 unspecified atom stereocenters. The summed E-state index contributed by atoms with van der Waals surface area (Å²) in [6.45, 7) is 9.09. The van der Waals surface area contributed by atoms with Crippen LogP contribution in [0.4, 0.5) is 5.69 Å². The van der Waals surface area contributed by atoms with Crippen molar-refractivity contribution >= 4 is 11.6 Å². The van der Waals surface area contributed by atoms with Gasteiger partial charge in [-0.05, 0) is 26.7 Å². The molecule has 1 aromatic heterocycles. The van der Waals surface area contributed by atoms with Crippen LogP contribution in [0.1, 0.15) is 62.8 Å². The molecule has 2 heterocycles. The van der Waals surface area contributed by atoms with Gasteiger partial charge < -0.3 is 10.2 Å². The fraction of sp³-hybridized carbons (Fsp3) is 0.667. The molecule has 1 N–H and O–H groups in total. The van der Waals surface area contributed by atoms with Gasteiger partial charge in [0.1, 0.15) is 5.82 Å². The van der Waals surface area contributed by atoms with E-state index in [9.17, 15) is 4.79 Å². The molecule has 0 radical (unpaired) electrons. The van der Waals surface area contributed by atoms with Crippen molar-refractivity contribution in [3.63, 3.8) is 0 Å². The van der Waals surface area contributed by atoms with Crippen molar-refractivity contribution < 1.29 is 4.79 Å². The zero-order valence-corrected chi connectivity index (χ0v) is 13.0. The van der Waals surface area contributed by atoms with Gasteiger partial charge in [0.2, 0.25) is 0 Å². The Morgan fingerprint density at radius 2 is 2.15 bits per heavy atom. The van der Waals surface area contributed by atoms with Crippen molar-refractivity contribution in [2.75, 3.05) is 18.9 Å². The molecule has 1 fully saturated rings. The lowest BCUT2D eigenvalue weighted by atomic mass is 10.0. The third-order valence-corrected chi connectivity index (χ3v) is 3.94. The van der Waals surface area contributed by atoms with Gasteiger partial charge >= 0.3 is 0 Å². The molecule has 0 saturated carbocycles. The van der Waals surface area contributed by atoms with Gasteiger partial charge in [-0.3, -0.25) is 4.79 Å². The molecule has 0 bridgehead atoms. The van der Waals surface area contributed by atoms with Gasteiger partial charge in [0, 0.05) is 25.0 Å². The maximum absolute atomic E-state index is 12.8. The Kier molecular flexibility index (Phi) is 3.97. The lowest BCUT2D eigenvalue weighted by Crippen LogP contribution is -2.43. The van der Waals surface area contributed by atoms with Gasteiger partial charge in [-0.15, -0.1) is 0 Å². The first-order valence-electron chi connectivity index (χ1n) is 7.23. The number of carbonyl (C=O) groups excluding carboxylic acids is 1. The standard InChI is InChI=1S/C15H24N4O/c1-10(2)13-17-9-11(16-5)12(18-13)14(20)19-8-6-7-15(19,3)4/h9-10,16H,6-8H2,1-5H3. The highest BCUT2D eigenvalue weighted by Gasteiger charge is 2.37. The van der Waals surface area contributed by atoms with Crippen LogP contribution >= 0.6 is 0 Å². The summed E-state index contributed by atoms with van der Waals surface area (Å²) in [6, 6.07) is 0. The summed E-state index contributed by atoms with van der Waals surface area (Å²) in [5.74, 6) is 0.921. The van der Waals surface area contributed by atoms with E-state index in [4.69, 9.17) is 0 Å². The van der Waals surface area contributed by atoms with Crippen LogP contribution in [0.3, 0.4) is 0 Å². The van der Waals surface area contributed by atoms with Gasteiger partial charge in [0.05, 0.1) is 11.9 Å². The summed E-state index contributed by atoms with van der Waals surface area (Å²) in [7, 11) is 1.79. The third-order valence-electron chi connectivity index (χ3n) is 3.94. The normalized spacial score (nSPS) is 17.6. The number of rotatable bonds is 3. The first kappa shape index (κ1) is 14.8. The molecule has 2 rings (SSSR count). The van der Waals surface area contributed by atoms with Crippen molar-refractivity contribution in [3.8, 4) is 0 Å². The Morgan fingerprint density at radius 3 is 2.65 bits per heavy atom. The average Bonchev–Trinajstić information content (AvgIpc) is 2.76. The number of nitrogens with zero attached hydrogens (tertiary/aromatic N) is 3. The summed E-state index contributed by atoms with van der Waals surface area (Å²) in [4.78, 5) is 23.5. The minimum atomic E-state index is -0.0922. The predicted molar refractivity (Wildman–Crippen MR) is 80.0 cm³/mol. The van der Waals surface area contributed by atoms with E-state index in [1.54, 1.807) is 13.2 Å². The molecule has 1 saturated heterocycles. The third kappa shape index (κ3) is 2.62. The number of amides is 1. The SMILES string of the molecule is CNc1cnc(C(C)C)nc1C(=O)N1CCCC1(C)C. The molecule has 1 aliphatic heterocycles. The zero-order chi connectivity index (χ0) is 14.9. The lowest BCUT2D eigenvalue weighted by molar-refractivity contribution is 0.0646. The maximum atomic E-state index is 12.8. The minimum absolute atomic E-state index is 0.00106. The molecular formula is C15H24N4O. The molecule has 0 atom stereocenters. The summed E-state index contributed by atoms with van der Waals surface area (Å²) in [6.07, 6.45) is 3.80. The number of carbonyl (C=O) groups is 1. The number of likely N-dealkylation sites (tertiary alicyclic amines) is 1. The molecule has 1 aliphatic rings. The second-order valence-electron chi connectivity index (χ2n) is 6.27. The van der Waals surface area contributed by atoms with E-state index in [1.807, 2.05) is 18.7 Å². The maximum Gasteiger partial charge on any atom is 0.275 e. The van der Waals surface area contributed by atoms with Gasteiger partial charge in [0.25, 0.3) is 5.91 Å². The Labute approximate surface area is 120 Å². The van der Waals surface area contributed by atoms with Crippen LogP contribution in [0, 0.1) is 0 Å². The fourth-order valence-corrected chi connectivity index (χ4v) is 2.63. The molecule has 1 amide bonds. The van der Waals surface area contributed by atoms with E-state index in [-0.39, 0.29) is 17.4 Å². The zero-order valence-electron chi connectivity index (χ0n) is 13.0. The second-order valence-corrected chi connectivity index (χ2v) is 6.27. The van der Waals surface area contributed by atoms with Crippen LogP contribution in [0.15, 0.2) is 6.20 Å². The summed E-state index contributed by atoms with van der Waals surface area (Å²) in [5.41, 5.74) is 1.09. The monoisotopic (exact) mass is 276 g/mol. The molecule has 5 heteroatoms. The van der Waals surface area contributed by atoms with Crippen LogP contribution in [-0.4, -0.2) is 39.9 Å². The summed E-state index contributed by atoms with van der Waals surface area (Å²) >= 11 is 0. The fourth-order valence-electron chi connectivity index (χ4n) is 2.63. The minimum Gasteiger partial charge on any atom is -0.385 e. The van der Waals surface area contributed by atoms with Crippen molar-refractivity contribution in [2.24, 2.45) is 0 Å². The number of aromatic nitrogens is 2. The van der Waals surface area contributed by atoms with E-state index in [0.717, 1.165) is 19.4 Å². The molecule has 5 nitrogen and oxygen atoms in total. The van der Waals surface area contributed by atoms with Crippen molar-refractivity contribution in [3.05, 3.63) is 17.7 Å². The Morgan fingerprint density at radius 1 is 1.45 bits per heavy atom. The molecular weight excluding hydrogens is 252 g/mol. The Hall–Kier alpha value is -1.65. The highest BCUT2D eigenvalue weighted by atomic mass is 16.2. The molecule has 1 aromatic rings. The van der Waals surface area contributed by atoms with Crippen LogP contribution < -0.4 is 5.32 Å². The lowest BCUT2D eigenvalue weighted by Gasteiger charge is -2.31. The average molecular weight is 276 g/mol. The number of hydrogen-bond donors (Lipinski definition) is 1. The summed E-state index contributed by atoms with van der Waals surface area (Å²) in [5, 5.41) is 3.02. The number of hydrogen-bond acceptors (Lipinski definition) is 4. The molecule has 0 spiro atoms. The van der Waals surface area contributed by atoms with E-state index in [0.29, 0.717) is 17.2 Å². The van der Waals surface area contributed by atoms with Gasteiger partial charge in [-0.25, -0.2) is 9.97 Å². The quantitative estimate of drug-likeness (QED) is 0.922. The first-order chi connectivity index (χ1) is 9.36.